The van der Waals surface area contributed by atoms with Crippen LogP contribution >= 0.6 is 0 Å². The van der Waals surface area contributed by atoms with E-state index < -0.39 is 23.5 Å². The van der Waals surface area contributed by atoms with Gasteiger partial charge >= 0.3 is 12.1 Å². The van der Waals surface area contributed by atoms with Crippen LogP contribution in [0.25, 0.3) is 0 Å². The molecule has 1 N–H and O–H groups in total. The van der Waals surface area contributed by atoms with Crippen LogP contribution in [-0.2, 0) is 14.3 Å². The lowest BCUT2D eigenvalue weighted by molar-refractivity contribution is -0.137. The van der Waals surface area contributed by atoms with Gasteiger partial charge in [-0.25, -0.2) is 9.59 Å². The van der Waals surface area contributed by atoms with Crippen molar-refractivity contribution in [1.29, 1.82) is 0 Å². The van der Waals surface area contributed by atoms with Gasteiger partial charge in [0, 0.05) is 6.54 Å². The monoisotopic (exact) mass is 233 g/mol. The molecular formula is C10H16FNO4. The minimum absolute atomic E-state index is 0.143. The fourth-order valence-electron chi connectivity index (χ4n) is 0.719. The van der Waals surface area contributed by atoms with E-state index in [0.717, 1.165) is 13.2 Å². The van der Waals surface area contributed by atoms with Gasteiger partial charge in [0.25, 0.3) is 0 Å². The van der Waals surface area contributed by atoms with Gasteiger partial charge in [-0.15, -0.1) is 0 Å². The summed E-state index contributed by atoms with van der Waals surface area (Å²) in [5, 5.41) is 2.26. The first kappa shape index (κ1) is 14.4. The maximum atomic E-state index is 12.8. The van der Waals surface area contributed by atoms with E-state index in [2.05, 4.69) is 10.1 Å². The zero-order chi connectivity index (χ0) is 12.8. The quantitative estimate of drug-likeness (QED) is 0.593. The van der Waals surface area contributed by atoms with Crippen LogP contribution in [0.3, 0.4) is 0 Å². The summed E-state index contributed by atoms with van der Waals surface area (Å²) in [5.41, 5.74) is -0.616. The van der Waals surface area contributed by atoms with Crippen molar-refractivity contribution in [2.24, 2.45) is 0 Å². The highest BCUT2D eigenvalue weighted by molar-refractivity contribution is 5.85. The molecule has 0 fully saturated rings. The third-order valence-electron chi connectivity index (χ3n) is 1.31. The van der Waals surface area contributed by atoms with Gasteiger partial charge in [-0.2, -0.15) is 4.39 Å². The van der Waals surface area contributed by atoms with Gasteiger partial charge in [-0.3, -0.25) is 0 Å². The van der Waals surface area contributed by atoms with E-state index in [1.54, 1.807) is 20.8 Å². The van der Waals surface area contributed by atoms with E-state index in [4.69, 9.17) is 4.74 Å². The second-order valence-electron chi connectivity index (χ2n) is 3.93. The van der Waals surface area contributed by atoms with Crippen LogP contribution in [-0.4, -0.2) is 31.3 Å². The summed E-state index contributed by atoms with van der Waals surface area (Å²) in [5.74, 6) is -2.13. The van der Waals surface area contributed by atoms with Crippen molar-refractivity contribution in [3.8, 4) is 0 Å². The Morgan fingerprint density at radius 1 is 1.38 bits per heavy atom. The Hall–Kier alpha value is -1.59. The van der Waals surface area contributed by atoms with Crippen molar-refractivity contribution in [2.45, 2.75) is 26.4 Å². The molecule has 6 heteroatoms. The van der Waals surface area contributed by atoms with E-state index in [-0.39, 0.29) is 6.54 Å². The smallest absolute Gasteiger partial charge is 0.407 e. The first-order valence-electron chi connectivity index (χ1n) is 4.67. The zero-order valence-corrected chi connectivity index (χ0v) is 9.80. The molecule has 0 heterocycles. The van der Waals surface area contributed by atoms with Crippen LogP contribution in [0.5, 0.6) is 0 Å². The van der Waals surface area contributed by atoms with E-state index in [0.29, 0.717) is 0 Å². The molecule has 0 aliphatic carbocycles. The van der Waals surface area contributed by atoms with Crippen molar-refractivity contribution in [2.75, 3.05) is 13.7 Å². The first-order valence-corrected chi connectivity index (χ1v) is 4.67. The molecule has 0 radical (unpaired) electrons. The molecule has 0 aromatic heterocycles. The Balaban J connectivity index is 3.99. The summed E-state index contributed by atoms with van der Waals surface area (Å²) >= 11 is 0. The van der Waals surface area contributed by atoms with Gasteiger partial charge in [0.15, 0.2) is 0 Å². The number of nitrogens with one attached hydrogen (secondary N) is 1. The molecule has 0 aromatic rings. The highest BCUT2D eigenvalue weighted by atomic mass is 19.1. The van der Waals surface area contributed by atoms with Crippen LogP contribution in [0, 0.1) is 0 Å². The van der Waals surface area contributed by atoms with Crippen LogP contribution in [0.4, 0.5) is 9.18 Å². The molecule has 5 nitrogen and oxygen atoms in total. The molecule has 1 amide bonds. The number of carbonyl (C=O) groups is 2. The number of methoxy groups -OCH3 is 1. The van der Waals surface area contributed by atoms with Crippen LogP contribution in [0.15, 0.2) is 11.9 Å². The number of rotatable bonds is 3. The second-order valence-corrected chi connectivity index (χ2v) is 3.93. The van der Waals surface area contributed by atoms with Crippen molar-refractivity contribution >= 4 is 12.1 Å². The normalized spacial score (nSPS) is 11.9. The SMILES string of the molecule is COC(=O)C(F)=CCNC(=O)OC(C)(C)C. The lowest BCUT2D eigenvalue weighted by Gasteiger charge is -2.19. The minimum Gasteiger partial charge on any atom is -0.464 e. The summed E-state index contributed by atoms with van der Waals surface area (Å²) in [6, 6.07) is 0. The molecule has 0 aliphatic heterocycles. The number of amides is 1. The predicted molar refractivity (Wildman–Crippen MR) is 55.4 cm³/mol. The largest absolute Gasteiger partial charge is 0.464 e. The average Bonchev–Trinajstić information content (AvgIpc) is 2.13. The van der Waals surface area contributed by atoms with Gasteiger partial charge in [0.1, 0.15) is 5.60 Å². The van der Waals surface area contributed by atoms with E-state index in [1.165, 1.54) is 0 Å². The van der Waals surface area contributed by atoms with Gasteiger partial charge in [-0.05, 0) is 26.8 Å². The van der Waals surface area contributed by atoms with Crippen molar-refractivity contribution in [3.63, 3.8) is 0 Å². The third-order valence-corrected chi connectivity index (χ3v) is 1.31. The summed E-state index contributed by atoms with van der Waals surface area (Å²) in [6.07, 6.45) is 0.219. The molecule has 0 aliphatic rings. The van der Waals surface area contributed by atoms with E-state index in [9.17, 15) is 14.0 Å². The number of hydrogen-bond acceptors (Lipinski definition) is 4. The minimum atomic E-state index is -1.08. The molecule has 92 valence electrons. The number of halogens is 1. The number of esters is 1. The summed E-state index contributed by atoms with van der Waals surface area (Å²) < 4.78 is 21.8. The predicted octanol–water partition coefficient (Wildman–Crippen LogP) is 1.54. The van der Waals surface area contributed by atoms with Gasteiger partial charge in [0.2, 0.25) is 5.83 Å². The fourth-order valence-corrected chi connectivity index (χ4v) is 0.719. The lowest BCUT2D eigenvalue weighted by atomic mass is 10.2. The van der Waals surface area contributed by atoms with Crippen LogP contribution < -0.4 is 5.32 Å². The van der Waals surface area contributed by atoms with Crippen LogP contribution in [0.1, 0.15) is 20.8 Å². The second kappa shape index (κ2) is 6.09. The molecule has 0 saturated carbocycles. The topological polar surface area (TPSA) is 64.6 Å². The number of carbonyl (C=O) groups excluding carboxylic acids is 2. The van der Waals surface area contributed by atoms with Crippen molar-refractivity contribution in [3.05, 3.63) is 11.9 Å². The summed E-state index contributed by atoms with van der Waals surface area (Å²) in [7, 11) is 1.07. The summed E-state index contributed by atoms with van der Waals surface area (Å²) in [4.78, 5) is 21.7. The number of hydrogen-bond donors (Lipinski definition) is 1. The Morgan fingerprint density at radius 3 is 2.38 bits per heavy atom. The van der Waals surface area contributed by atoms with Crippen molar-refractivity contribution < 1.29 is 23.5 Å². The van der Waals surface area contributed by atoms with Gasteiger partial charge < -0.3 is 14.8 Å². The number of alkyl carbamates (subject to hydrolysis) is 1. The highest BCUT2D eigenvalue weighted by Crippen LogP contribution is 2.06. The molecule has 0 rings (SSSR count). The Kier molecular flexibility index (Phi) is 5.49. The number of ether oxygens (including phenoxy) is 2. The highest BCUT2D eigenvalue weighted by Gasteiger charge is 2.15. The van der Waals surface area contributed by atoms with Crippen molar-refractivity contribution in [1.82, 2.24) is 5.32 Å². The average molecular weight is 233 g/mol. The lowest BCUT2D eigenvalue weighted by Crippen LogP contribution is -2.32. The molecule has 0 saturated heterocycles. The van der Waals surface area contributed by atoms with Gasteiger partial charge in [0.05, 0.1) is 7.11 Å². The van der Waals surface area contributed by atoms with E-state index >= 15 is 0 Å². The molecule has 0 unspecified atom stereocenters. The molecule has 0 spiro atoms. The fraction of sp³-hybridized carbons (Fsp3) is 0.600. The van der Waals surface area contributed by atoms with Gasteiger partial charge in [-0.1, -0.05) is 0 Å². The molecule has 16 heavy (non-hydrogen) atoms. The standard InChI is InChI=1S/C10H16FNO4/c1-10(2,3)16-9(14)12-6-5-7(11)8(13)15-4/h5H,6H2,1-4H3,(H,12,14). The molecule has 0 aromatic carbocycles. The zero-order valence-electron chi connectivity index (χ0n) is 9.80. The maximum Gasteiger partial charge on any atom is 0.407 e. The third kappa shape index (κ3) is 6.80. The first-order chi connectivity index (χ1) is 7.26. The molecule has 0 atom stereocenters. The van der Waals surface area contributed by atoms with E-state index in [1.807, 2.05) is 0 Å². The Morgan fingerprint density at radius 2 is 1.94 bits per heavy atom. The molecule has 0 bridgehead atoms. The Bertz CT molecular complexity index is 294. The maximum absolute atomic E-state index is 12.8. The molecular weight excluding hydrogens is 217 g/mol. The van der Waals surface area contributed by atoms with Crippen LogP contribution in [0.2, 0.25) is 0 Å². The Labute approximate surface area is 93.6 Å². The summed E-state index contributed by atoms with van der Waals surface area (Å²) in [6.45, 7) is 4.97.